The molecule has 0 unspecified atom stereocenters. The standard InChI is InChI=1S/C30H48O4/c1-19(2)29-16-12-27(7)21-9-8-20-22-23-24(3,4)10-14-28(22,18-31-23)15-11-25(20,5)26(21,6)13-17-30(27,32-29)34-33-29/h19-23H,8-18H2,1-7H3/t20-,21+,22+,23-,25-,26-,27-,28-,29-,30+/m1/s1. The third-order valence-corrected chi connectivity index (χ3v) is 14.0. The molecule has 34 heavy (non-hydrogen) atoms. The van der Waals surface area contributed by atoms with Crippen LogP contribution in [0.25, 0.3) is 0 Å². The first-order chi connectivity index (χ1) is 15.9. The molecular weight excluding hydrogens is 424 g/mol. The van der Waals surface area contributed by atoms with Crippen LogP contribution >= 0.6 is 0 Å². The van der Waals surface area contributed by atoms with Gasteiger partial charge in [-0.05, 0) is 90.8 Å². The smallest absolute Gasteiger partial charge is 0.210 e. The van der Waals surface area contributed by atoms with Gasteiger partial charge in [0.1, 0.15) is 0 Å². The van der Waals surface area contributed by atoms with Gasteiger partial charge < -0.3 is 9.47 Å². The fourth-order valence-corrected chi connectivity index (χ4v) is 11.4. The highest BCUT2D eigenvalue weighted by Gasteiger charge is 2.77. The zero-order valence-corrected chi connectivity index (χ0v) is 22.8. The van der Waals surface area contributed by atoms with Crippen molar-refractivity contribution in [3.8, 4) is 0 Å². The van der Waals surface area contributed by atoms with Gasteiger partial charge in [0.25, 0.3) is 0 Å². The lowest BCUT2D eigenvalue weighted by Gasteiger charge is -2.72. The monoisotopic (exact) mass is 472 g/mol. The molecule has 4 bridgehead atoms. The van der Waals surface area contributed by atoms with Gasteiger partial charge in [0.05, 0.1) is 12.7 Å². The van der Waals surface area contributed by atoms with Crippen LogP contribution in [-0.4, -0.2) is 24.3 Å². The summed E-state index contributed by atoms with van der Waals surface area (Å²) < 4.78 is 13.6. The largest absolute Gasteiger partial charge is 0.377 e. The highest BCUT2D eigenvalue weighted by molar-refractivity contribution is 5.21. The topological polar surface area (TPSA) is 36.9 Å². The van der Waals surface area contributed by atoms with Crippen LogP contribution < -0.4 is 0 Å². The van der Waals surface area contributed by atoms with Gasteiger partial charge in [0.15, 0.2) is 0 Å². The van der Waals surface area contributed by atoms with Crippen molar-refractivity contribution in [3.05, 3.63) is 0 Å². The van der Waals surface area contributed by atoms with Crippen molar-refractivity contribution < 1.29 is 19.2 Å². The minimum atomic E-state index is -0.562. The summed E-state index contributed by atoms with van der Waals surface area (Å²) in [5.74, 6) is 1.35. The average Bonchev–Trinajstić information content (AvgIpc) is 3.30. The van der Waals surface area contributed by atoms with Gasteiger partial charge >= 0.3 is 0 Å². The summed E-state index contributed by atoms with van der Waals surface area (Å²) in [6.07, 6.45) is 12.8. The van der Waals surface area contributed by atoms with E-state index in [1.807, 2.05) is 0 Å². The second-order valence-corrected chi connectivity index (χ2v) is 15.6. The predicted molar refractivity (Wildman–Crippen MR) is 130 cm³/mol. The van der Waals surface area contributed by atoms with Gasteiger partial charge in [-0.1, -0.05) is 48.5 Å². The van der Waals surface area contributed by atoms with Crippen LogP contribution in [0.1, 0.15) is 113 Å². The number of hydrogen-bond donors (Lipinski definition) is 0. The maximum absolute atomic E-state index is 6.90. The quantitative estimate of drug-likeness (QED) is 0.376. The van der Waals surface area contributed by atoms with E-state index in [9.17, 15) is 0 Å². The van der Waals surface area contributed by atoms with Crippen molar-refractivity contribution in [1.29, 1.82) is 0 Å². The molecule has 4 nitrogen and oxygen atoms in total. The van der Waals surface area contributed by atoms with E-state index in [1.54, 1.807) is 0 Å². The van der Waals surface area contributed by atoms with Gasteiger partial charge in [-0.15, -0.1) is 0 Å². The molecule has 4 saturated carbocycles. The van der Waals surface area contributed by atoms with Gasteiger partial charge in [0.2, 0.25) is 11.6 Å². The Morgan fingerprint density at radius 3 is 2.18 bits per heavy atom. The first-order valence-corrected chi connectivity index (χ1v) is 14.6. The fourth-order valence-electron chi connectivity index (χ4n) is 11.4. The van der Waals surface area contributed by atoms with Crippen LogP contribution in [0.5, 0.6) is 0 Å². The van der Waals surface area contributed by atoms with E-state index < -0.39 is 11.6 Å². The number of rotatable bonds is 1. The molecule has 0 radical (unpaired) electrons. The number of ether oxygens (including phenoxy) is 2. The van der Waals surface area contributed by atoms with E-state index in [0.717, 1.165) is 37.7 Å². The van der Waals surface area contributed by atoms with Crippen molar-refractivity contribution >= 4 is 0 Å². The van der Waals surface area contributed by atoms with Gasteiger partial charge in [-0.3, -0.25) is 0 Å². The van der Waals surface area contributed by atoms with E-state index in [0.29, 0.717) is 39.6 Å². The van der Waals surface area contributed by atoms with E-state index in [2.05, 4.69) is 48.5 Å². The van der Waals surface area contributed by atoms with Crippen LogP contribution in [0.15, 0.2) is 0 Å². The molecule has 0 aromatic carbocycles. The maximum atomic E-state index is 6.90. The van der Waals surface area contributed by atoms with Crippen molar-refractivity contribution in [2.24, 2.45) is 50.7 Å². The van der Waals surface area contributed by atoms with Crippen LogP contribution in [0.4, 0.5) is 0 Å². The molecule has 4 heteroatoms. The number of fused-ring (bicyclic) bond motifs is 5. The second kappa shape index (κ2) is 6.45. The number of hydrogen-bond acceptors (Lipinski definition) is 4. The lowest BCUT2D eigenvalue weighted by molar-refractivity contribution is -0.390. The van der Waals surface area contributed by atoms with E-state index in [4.69, 9.17) is 19.2 Å². The third-order valence-electron chi connectivity index (χ3n) is 14.0. The van der Waals surface area contributed by atoms with Crippen LogP contribution in [-0.2, 0) is 19.2 Å². The minimum Gasteiger partial charge on any atom is -0.377 e. The zero-order chi connectivity index (χ0) is 24.0. The van der Waals surface area contributed by atoms with Crippen LogP contribution in [0.2, 0.25) is 0 Å². The summed E-state index contributed by atoms with van der Waals surface area (Å²) in [6, 6.07) is 0. The Labute approximate surface area is 207 Å². The van der Waals surface area contributed by atoms with Gasteiger partial charge in [-0.2, -0.15) is 9.78 Å². The van der Waals surface area contributed by atoms with E-state index in [1.165, 1.54) is 44.9 Å². The van der Waals surface area contributed by atoms with E-state index >= 15 is 0 Å². The molecule has 0 amide bonds. The summed E-state index contributed by atoms with van der Waals surface area (Å²) in [4.78, 5) is 12.4. The molecule has 3 saturated heterocycles. The molecular formula is C30H48O4. The van der Waals surface area contributed by atoms with E-state index in [-0.39, 0.29) is 5.41 Å². The molecule has 1 spiro atoms. The van der Waals surface area contributed by atoms with Crippen molar-refractivity contribution in [2.45, 2.75) is 130 Å². The lowest BCUT2D eigenvalue weighted by Crippen LogP contribution is -2.70. The summed E-state index contributed by atoms with van der Waals surface area (Å²) >= 11 is 0. The normalized spacial score (nSPS) is 61.4. The van der Waals surface area contributed by atoms with Crippen molar-refractivity contribution in [3.63, 3.8) is 0 Å². The highest BCUT2D eigenvalue weighted by Crippen LogP contribution is 2.78. The molecule has 10 atom stereocenters. The van der Waals surface area contributed by atoms with Crippen LogP contribution in [0, 0.1) is 50.7 Å². The minimum absolute atomic E-state index is 0.0132. The lowest BCUT2D eigenvalue weighted by atomic mass is 9.33. The Bertz CT molecular complexity index is 900. The summed E-state index contributed by atoms with van der Waals surface area (Å²) in [5.41, 5.74) is 1.46. The maximum Gasteiger partial charge on any atom is 0.210 e. The Morgan fingerprint density at radius 1 is 0.706 bits per heavy atom. The second-order valence-electron chi connectivity index (χ2n) is 15.6. The summed E-state index contributed by atoms with van der Waals surface area (Å²) in [6.45, 7) is 18.3. The van der Waals surface area contributed by atoms with Crippen LogP contribution in [0.3, 0.4) is 0 Å². The third kappa shape index (κ3) is 2.34. The average molecular weight is 473 g/mol. The first kappa shape index (κ1) is 23.0. The first-order valence-electron chi connectivity index (χ1n) is 14.6. The predicted octanol–water partition coefficient (Wildman–Crippen LogP) is 7.26. The molecule has 192 valence electrons. The Hall–Kier alpha value is -0.160. The molecule has 0 N–H and O–H groups in total. The Balaban J connectivity index is 1.27. The zero-order valence-electron chi connectivity index (χ0n) is 22.8. The Kier molecular flexibility index (Phi) is 4.36. The molecule has 3 heterocycles. The fraction of sp³-hybridized carbons (Fsp3) is 1.00. The highest BCUT2D eigenvalue weighted by atomic mass is 17.3. The summed E-state index contributed by atoms with van der Waals surface area (Å²) in [7, 11) is 0. The molecule has 0 aromatic heterocycles. The van der Waals surface area contributed by atoms with Gasteiger partial charge in [0, 0.05) is 24.2 Å². The molecule has 3 aliphatic heterocycles. The van der Waals surface area contributed by atoms with Crippen molar-refractivity contribution in [2.75, 3.05) is 6.61 Å². The molecule has 7 aliphatic rings. The van der Waals surface area contributed by atoms with Gasteiger partial charge in [-0.25, -0.2) is 0 Å². The molecule has 4 aliphatic carbocycles. The molecule has 7 fully saturated rings. The Morgan fingerprint density at radius 2 is 1.41 bits per heavy atom. The molecule has 7 rings (SSSR count). The van der Waals surface area contributed by atoms with Crippen molar-refractivity contribution in [1.82, 2.24) is 0 Å². The molecule has 0 aromatic rings. The SMILES string of the molecule is CC(C)[C@@]12CC[C@]3(C)[C@H]4CC[C@@H]5[C@H]6[C@H]7OC[C@@]6(CCC7(C)C)CC[C@@]5(C)[C@]4(C)CC[C@@]3(OO1)O2. The summed E-state index contributed by atoms with van der Waals surface area (Å²) in [5, 5.41) is 0.